The van der Waals surface area contributed by atoms with E-state index in [1.165, 1.54) is 24.1 Å². The van der Waals surface area contributed by atoms with Gasteiger partial charge < -0.3 is 20.9 Å². The van der Waals surface area contributed by atoms with Crippen molar-refractivity contribution in [1.82, 2.24) is 15.3 Å². The van der Waals surface area contributed by atoms with Crippen LogP contribution in [0.5, 0.6) is 0 Å². The number of anilines is 3. The lowest BCUT2D eigenvalue weighted by molar-refractivity contribution is -0.383. The second-order valence-electron chi connectivity index (χ2n) is 9.47. The third-order valence-corrected chi connectivity index (χ3v) is 6.80. The van der Waals surface area contributed by atoms with Crippen LogP contribution < -0.4 is 20.9 Å². The van der Waals surface area contributed by atoms with Gasteiger partial charge in [0.2, 0.25) is 5.95 Å². The van der Waals surface area contributed by atoms with E-state index in [2.05, 4.69) is 20.9 Å². The Balaban J connectivity index is 1.32. The smallest absolute Gasteiger partial charge is 0.292 e. The highest BCUT2D eigenvalue weighted by Crippen LogP contribution is 2.30. The lowest BCUT2D eigenvalue weighted by Crippen LogP contribution is -2.42. The van der Waals surface area contributed by atoms with Gasteiger partial charge in [-0.25, -0.2) is 4.98 Å². The number of hydrogen-bond acceptors (Lipinski definition) is 7. The first-order valence-corrected chi connectivity index (χ1v) is 12.4. The fourth-order valence-electron chi connectivity index (χ4n) is 4.82. The number of nitro benzene ring substituents is 1. The Morgan fingerprint density at radius 2 is 1.82 bits per heavy atom. The molecule has 3 N–H and O–H groups in total. The Morgan fingerprint density at radius 1 is 1.12 bits per heavy atom. The minimum atomic E-state index is -0.390. The fourth-order valence-corrected chi connectivity index (χ4v) is 5.09. The van der Waals surface area contributed by atoms with Gasteiger partial charge in [0.05, 0.1) is 10.6 Å². The summed E-state index contributed by atoms with van der Waals surface area (Å²) in [5.74, 6) is 1.76. The van der Waals surface area contributed by atoms with Gasteiger partial charge in [0.25, 0.3) is 5.69 Å². The summed E-state index contributed by atoms with van der Waals surface area (Å²) in [5.41, 5.74) is 3.75. The molecule has 182 valence electrons. The molecule has 0 amide bonds. The van der Waals surface area contributed by atoms with Crippen molar-refractivity contribution in [2.45, 2.75) is 70.4 Å². The van der Waals surface area contributed by atoms with Crippen molar-refractivity contribution in [2.24, 2.45) is 0 Å². The third-order valence-electron chi connectivity index (χ3n) is 6.58. The number of aryl methyl sites for hydroxylation is 2. The van der Waals surface area contributed by atoms with Crippen LogP contribution in [0.25, 0.3) is 0 Å². The first-order chi connectivity index (χ1) is 16.3. The van der Waals surface area contributed by atoms with Crippen LogP contribution in [0.2, 0.25) is 0 Å². The Morgan fingerprint density at radius 3 is 2.53 bits per heavy atom. The topological polar surface area (TPSA) is 108 Å². The SMILES string of the molecule is Cc1ccc(NC(=S)N[C@H]2CC[C@@H](Nc3nc4c(c(N(C)C)n3)CCCC4)CC2)c([N+](=O)[O-])c1. The maximum Gasteiger partial charge on any atom is 0.292 e. The highest BCUT2D eigenvalue weighted by Gasteiger charge is 2.25. The van der Waals surface area contributed by atoms with E-state index in [-0.39, 0.29) is 16.7 Å². The zero-order valence-corrected chi connectivity index (χ0v) is 20.9. The van der Waals surface area contributed by atoms with Gasteiger partial charge in [-0.05, 0) is 82.1 Å². The summed E-state index contributed by atoms with van der Waals surface area (Å²) in [6.45, 7) is 1.83. The number of nitrogens with one attached hydrogen (secondary N) is 3. The zero-order valence-electron chi connectivity index (χ0n) is 20.1. The maximum absolute atomic E-state index is 11.4. The van der Waals surface area contributed by atoms with Crippen molar-refractivity contribution in [3.63, 3.8) is 0 Å². The largest absolute Gasteiger partial charge is 0.362 e. The summed E-state index contributed by atoms with van der Waals surface area (Å²) in [4.78, 5) is 22.7. The predicted molar refractivity (Wildman–Crippen MR) is 140 cm³/mol. The quantitative estimate of drug-likeness (QED) is 0.314. The number of nitro groups is 1. The van der Waals surface area contributed by atoms with Gasteiger partial charge in [-0.1, -0.05) is 6.07 Å². The van der Waals surface area contributed by atoms with E-state index < -0.39 is 0 Å². The molecular formula is C24H33N7O2S. The fraction of sp³-hybridized carbons (Fsp3) is 0.542. The van der Waals surface area contributed by atoms with Crippen LogP contribution in [0.1, 0.15) is 55.3 Å². The van der Waals surface area contributed by atoms with Crippen molar-refractivity contribution >= 4 is 40.5 Å². The molecule has 9 nitrogen and oxygen atoms in total. The van der Waals surface area contributed by atoms with Gasteiger partial charge in [-0.15, -0.1) is 0 Å². The van der Waals surface area contributed by atoms with E-state index in [1.54, 1.807) is 12.1 Å². The Kier molecular flexibility index (Phi) is 7.45. The zero-order chi connectivity index (χ0) is 24.2. The normalized spacial score (nSPS) is 19.6. The maximum atomic E-state index is 11.4. The number of aromatic nitrogens is 2. The Bertz CT molecular complexity index is 1070. The summed E-state index contributed by atoms with van der Waals surface area (Å²) < 4.78 is 0. The summed E-state index contributed by atoms with van der Waals surface area (Å²) in [5, 5.41) is 21.7. The lowest BCUT2D eigenvalue weighted by Gasteiger charge is -2.31. The van der Waals surface area contributed by atoms with Crippen LogP contribution in [0.3, 0.4) is 0 Å². The monoisotopic (exact) mass is 483 g/mol. The molecule has 2 aliphatic rings. The van der Waals surface area contributed by atoms with Gasteiger partial charge >= 0.3 is 0 Å². The van der Waals surface area contributed by atoms with Crippen molar-refractivity contribution in [2.75, 3.05) is 29.6 Å². The number of fused-ring (bicyclic) bond motifs is 1. The molecule has 0 spiro atoms. The van der Waals surface area contributed by atoms with Crippen LogP contribution in [-0.2, 0) is 12.8 Å². The van der Waals surface area contributed by atoms with Gasteiger partial charge in [-0.3, -0.25) is 10.1 Å². The number of nitrogens with zero attached hydrogens (tertiary/aromatic N) is 4. The molecule has 10 heteroatoms. The molecule has 0 atom stereocenters. The molecule has 1 heterocycles. The molecule has 2 aromatic rings. The average molecular weight is 484 g/mol. The second kappa shape index (κ2) is 10.5. The molecule has 1 fully saturated rings. The van der Waals surface area contributed by atoms with Crippen molar-refractivity contribution in [3.8, 4) is 0 Å². The molecule has 0 aliphatic heterocycles. The van der Waals surface area contributed by atoms with Gasteiger partial charge in [0.15, 0.2) is 5.11 Å². The average Bonchev–Trinajstić information content (AvgIpc) is 2.80. The van der Waals surface area contributed by atoms with Crippen molar-refractivity contribution in [1.29, 1.82) is 0 Å². The number of thiocarbonyl (C=S) groups is 1. The molecule has 0 unspecified atom stereocenters. The van der Waals surface area contributed by atoms with Crippen LogP contribution in [0, 0.1) is 17.0 Å². The minimum absolute atomic E-state index is 0.0270. The summed E-state index contributed by atoms with van der Waals surface area (Å²) >= 11 is 5.44. The van der Waals surface area contributed by atoms with Crippen LogP contribution in [0.4, 0.5) is 23.1 Å². The first kappa shape index (κ1) is 24.1. The van der Waals surface area contributed by atoms with Crippen LogP contribution >= 0.6 is 12.2 Å². The molecule has 0 radical (unpaired) electrons. The standard InChI is InChI=1S/C24H33N7O2S/c1-15-8-13-20(21(14-15)31(32)33)28-24(34)26-17-11-9-16(10-12-17)25-23-27-19-7-5-4-6-18(19)22(29-23)30(2)3/h8,13-14,16-17H,4-7,9-12H2,1-3H3,(H,25,27,29)(H2,26,28,34)/t16-,17+. The highest BCUT2D eigenvalue weighted by atomic mass is 32.1. The van der Waals surface area contributed by atoms with E-state index in [0.29, 0.717) is 16.8 Å². The molecule has 0 bridgehead atoms. The molecule has 1 aromatic heterocycles. The van der Waals surface area contributed by atoms with Gasteiger partial charge in [-0.2, -0.15) is 4.98 Å². The summed E-state index contributed by atoms with van der Waals surface area (Å²) in [6, 6.07) is 5.62. The minimum Gasteiger partial charge on any atom is -0.362 e. The van der Waals surface area contributed by atoms with Crippen LogP contribution in [-0.4, -0.2) is 46.2 Å². The van der Waals surface area contributed by atoms with E-state index in [1.807, 2.05) is 27.1 Å². The van der Waals surface area contributed by atoms with E-state index in [0.717, 1.165) is 55.9 Å². The van der Waals surface area contributed by atoms with E-state index in [9.17, 15) is 10.1 Å². The number of rotatable bonds is 6. The predicted octanol–water partition coefficient (Wildman–Crippen LogP) is 4.35. The number of hydrogen-bond donors (Lipinski definition) is 3. The van der Waals surface area contributed by atoms with Gasteiger partial charge in [0.1, 0.15) is 11.5 Å². The molecule has 2 aliphatic carbocycles. The van der Waals surface area contributed by atoms with Crippen molar-refractivity contribution < 1.29 is 4.92 Å². The Hall–Kier alpha value is -3.01. The summed E-state index contributed by atoms with van der Waals surface area (Å²) in [7, 11) is 4.08. The summed E-state index contributed by atoms with van der Waals surface area (Å²) in [6.07, 6.45) is 8.31. The Labute approximate surface area is 205 Å². The first-order valence-electron chi connectivity index (χ1n) is 12.0. The molecule has 4 rings (SSSR count). The third kappa shape index (κ3) is 5.72. The molecular weight excluding hydrogens is 450 g/mol. The van der Waals surface area contributed by atoms with Crippen LogP contribution in [0.15, 0.2) is 18.2 Å². The highest BCUT2D eigenvalue weighted by molar-refractivity contribution is 7.80. The lowest BCUT2D eigenvalue weighted by atomic mass is 9.91. The van der Waals surface area contributed by atoms with Crippen molar-refractivity contribution in [3.05, 3.63) is 45.1 Å². The molecule has 1 saturated carbocycles. The number of benzene rings is 1. The second-order valence-corrected chi connectivity index (χ2v) is 9.87. The molecule has 1 aromatic carbocycles. The molecule has 34 heavy (non-hydrogen) atoms. The van der Waals surface area contributed by atoms with E-state index >= 15 is 0 Å². The van der Waals surface area contributed by atoms with E-state index in [4.69, 9.17) is 22.2 Å². The molecule has 0 saturated heterocycles. The van der Waals surface area contributed by atoms with Gasteiger partial charge in [0, 0.05) is 37.8 Å².